The Morgan fingerprint density at radius 3 is 3.10 bits per heavy atom. The fourth-order valence-corrected chi connectivity index (χ4v) is 0.885. The lowest BCUT2D eigenvalue weighted by molar-refractivity contribution is 0.832. The van der Waals surface area contributed by atoms with E-state index in [2.05, 4.69) is 24.1 Å². The molecule has 0 aromatic heterocycles. The maximum absolute atomic E-state index is 4.25. The zero-order valence-electron chi connectivity index (χ0n) is 6.54. The van der Waals surface area contributed by atoms with Crippen LogP contribution in [-0.4, -0.2) is 6.21 Å². The van der Waals surface area contributed by atoms with Crippen molar-refractivity contribution in [3.8, 4) is 0 Å². The monoisotopic (exact) mass is 135 g/mol. The second kappa shape index (κ2) is 3.35. The summed E-state index contributed by atoms with van der Waals surface area (Å²) in [6.07, 6.45) is 9.44. The average Bonchev–Trinajstić information content (AvgIpc) is 2.14. The number of allylic oxidation sites excluding steroid dienone is 4. The quantitative estimate of drug-likeness (QED) is 0.524. The molecule has 1 heterocycles. The summed E-state index contributed by atoms with van der Waals surface area (Å²) < 4.78 is 0. The standard InChI is InChI=1S/C9H13N/c1-3-9-6-4-5-8(2)10-7-9/h4-7,9H,3H2,1-2H3. The van der Waals surface area contributed by atoms with Gasteiger partial charge in [-0.25, -0.2) is 0 Å². The van der Waals surface area contributed by atoms with Gasteiger partial charge in [0.15, 0.2) is 0 Å². The minimum Gasteiger partial charge on any atom is -0.265 e. The van der Waals surface area contributed by atoms with E-state index in [1.165, 1.54) is 0 Å². The smallest absolute Gasteiger partial charge is 0.0368 e. The first-order valence-electron chi connectivity index (χ1n) is 3.72. The summed E-state index contributed by atoms with van der Waals surface area (Å²) in [6.45, 7) is 4.18. The van der Waals surface area contributed by atoms with E-state index in [1.807, 2.05) is 19.2 Å². The number of aliphatic imine (C=N–C) groups is 1. The van der Waals surface area contributed by atoms with Crippen LogP contribution in [0, 0.1) is 5.92 Å². The molecule has 0 radical (unpaired) electrons. The molecule has 54 valence electrons. The lowest BCUT2D eigenvalue weighted by Crippen LogP contribution is -1.93. The molecular formula is C9H13N. The third kappa shape index (κ3) is 1.83. The van der Waals surface area contributed by atoms with Gasteiger partial charge in [-0.3, -0.25) is 4.99 Å². The summed E-state index contributed by atoms with van der Waals surface area (Å²) in [5.74, 6) is 0.536. The van der Waals surface area contributed by atoms with Gasteiger partial charge in [-0.15, -0.1) is 0 Å². The first kappa shape index (κ1) is 7.26. The highest BCUT2D eigenvalue weighted by Gasteiger charge is 1.97. The van der Waals surface area contributed by atoms with Gasteiger partial charge in [0.25, 0.3) is 0 Å². The van der Waals surface area contributed by atoms with Crippen molar-refractivity contribution >= 4 is 6.21 Å². The lowest BCUT2D eigenvalue weighted by atomic mass is 10.1. The normalized spacial score (nSPS) is 24.2. The van der Waals surface area contributed by atoms with Gasteiger partial charge < -0.3 is 0 Å². The zero-order chi connectivity index (χ0) is 7.40. The molecule has 0 aliphatic carbocycles. The topological polar surface area (TPSA) is 12.4 Å². The number of nitrogens with zero attached hydrogens (tertiary/aromatic N) is 1. The van der Waals surface area contributed by atoms with Crippen LogP contribution in [0.5, 0.6) is 0 Å². The van der Waals surface area contributed by atoms with Crippen LogP contribution < -0.4 is 0 Å². The van der Waals surface area contributed by atoms with Gasteiger partial charge in [-0.1, -0.05) is 19.1 Å². The van der Waals surface area contributed by atoms with E-state index in [1.54, 1.807) is 0 Å². The van der Waals surface area contributed by atoms with Crippen molar-refractivity contribution in [2.45, 2.75) is 20.3 Å². The van der Waals surface area contributed by atoms with E-state index in [0.717, 1.165) is 12.1 Å². The van der Waals surface area contributed by atoms with E-state index in [-0.39, 0.29) is 0 Å². The molecule has 0 aromatic carbocycles. The van der Waals surface area contributed by atoms with Crippen LogP contribution in [0.15, 0.2) is 28.9 Å². The predicted molar refractivity (Wildman–Crippen MR) is 45.2 cm³/mol. The molecule has 1 heteroatoms. The second-order valence-electron chi connectivity index (χ2n) is 2.54. The molecule has 0 spiro atoms. The van der Waals surface area contributed by atoms with Gasteiger partial charge in [-0.05, 0) is 19.4 Å². The Morgan fingerprint density at radius 1 is 1.60 bits per heavy atom. The summed E-state index contributed by atoms with van der Waals surface area (Å²) >= 11 is 0. The Labute approximate surface area is 62.2 Å². The summed E-state index contributed by atoms with van der Waals surface area (Å²) in [5.41, 5.74) is 1.09. The molecule has 1 aliphatic rings. The molecule has 1 rings (SSSR count). The Kier molecular flexibility index (Phi) is 2.43. The van der Waals surface area contributed by atoms with Crippen molar-refractivity contribution in [3.63, 3.8) is 0 Å². The van der Waals surface area contributed by atoms with Crippen LogP contribution in [0.1, 0.15) is 20.3 Å². The predicted octanol–water partition coefficient (Wildman–Crippen LogP) is 2.56. The molecule has 0 amide bonds. The SMILES string of the molecule is CCC1C=CC=C(C)N=C1. The molecule has 1 atom stereocenters. The van der Waals surface area contributed by atoms with Crippen LogP contribution >= 0.6 is 0 Å². The molecule has 0 aromatic rings. The highest BCUT2D eigenvalue weighted by atomic mass is 14.7. The maximum atomic E-state index is 4.25. The molecule has 0 fully saturated rings. The fourth-order valence-electron chi connectivity index (χ4n) is 0.885. The minimum absolute atomic E-state index is 0.536. The zero-order valence-corrected chi connectivity index (χ0v) is 6.54. The molecule has 0 saturated carbocycles. The number of rotatable bonds is 1. The largest absolute Gasteiger partial charge is 0.265 e. The summed E-state index contributed by atoms with van der Waals surface area (Å²) in [6, 6.07) is 0. The van der Waals surface area contributed by atoms with Crippen molar-refractivity contribution in [1.82, 2.24) is 0 Å². The van der Waals surface area contributed by atoms with Crippen molar-refractivity contribution in [2.24, 2.45) is 10.9 Å². The van der Waals surface area contributed by atoms with E-state index in [4.69, 9.17) is 0 Å². The lowest BCUT2D eigenvalue weighted by Gasteiger charge is -1.97. The number of hydrogen-bond acceptors (Lipinski definition) is 1. The molecule has 10 heavy (non-hydrogen) atoms. The highest BCUT2D eigenvalue weighted by molar-refractivity contribution is 5.65. The van der Waals surface area contributed by atoms with Gasteiger partial charge in [0.1, 0.15) is 0 Å². The fraction of sp³-hybridized carbons (Fsp3) is 0.444. The van der Waals surface area contributed by atoms with E-state index in [0.29, 0.717) is 5.92 Å². The third-order valence-corrected chi connectivity index (χ3v) is 1.64. The van der Waals surface area contributed by atoms with Crippen LogP contribution in [0.3, 0.4) is 0 Å². The first-order chi connectivity index (χ1) is 4.83. The number of hydrogen-bond donors (Lipinski definition) is 0. The van der Waals surface area contributed by atoms with E-state index >= 15 is 0 Å². The van der Waals surface area contributed by atoms with Crippen molar-refractivity contribution in [1.29, 1.82) is 0 Å². The molecule has 0 bridgehead atoms. The summed E-state index contributed by atoms with van der Waals surface area (Å²) in [4.78, 5) is 4.25. The molecule has 1 nitrogen and oxygen atoms in total. The Morgan fingerprint density at radius 2 is 2.40 bits per heavy atom. The molecule has 1 unspecified atom stereocenters. The third-order valence-electron chi connectivity index (χ3n) is 1.64. The first-order valence-corrected chi connectivity index (χ1v) is 3.72. The van der Waals surface area contributed by atoms with Crippen LogP contribution in [0.4, 0.5) is 0 Å². The Balaban J connectivity index is 2.68. The summed E-state index contributed by atoms with van der Waals surface area (Å²) in [5, 5.41) is 0. The Bertz CT molecular complexity index is 187. The van der Waals surface area contributed by atoms with Crippen LogP contribution in [0.25, 0.3) is 0 Å². The van der Waals surface area contributed by atoms with Crippen molar-refractivity contribution in [2.75, 3.05) is 0 Å². The molecule has 0 saturated heterocycles. The van der Waals surface area contributed by atoms with Gasteiger partial charge in [0.05, 0.1) is 0 Å². The van der Waals surface area contributed by atoms with Gasteiger partial charge in [0.2, 0.25) is 0 Å². The maximum Gasteiger partial charge on any atom is 0.0368 e. The van der Waals surface area contributed by atoms with Gasteiger partial charge in [-0.2, -0.15) is 0 Å². The van der Waals surface area contributed by atoms with E-state index in [9.17, 15) is 0 Å². The van der Waals surface area contributed by atoms with Crippen molar-refractivity contribution in [3.05, 3.63) is 23.9 Å². The molecular weight excluding hydrogens is 122 g/mol. The molecule has 0 N–H and O–H groups in total. The Hall–Kier alpha value is -0.850. The minimum atomic E-state index is 0.536. The average molecular weight is 135 g/mol. The molecule has 1 aliphatic heterocycles. The highest BCUT2D eigenvalue weighted by Crippen LogP contribution is 2.07. The van der Waals surface area contributed by atoms with Crippen LogP contribution in [-0.2, 0) is 0 Å². The second-order valence-corrected chi connectivity index (χ2v) is 2.54. The van der Waals surface area contributed by atoms with Crippen LogP contribution in [0.2, 0.25) is 0 Å². The van der Waals surface area contributed by atoms with Gasteiger partial charge >= 0.3 is 0 Å². The summed E-state index contributed by atoms with van der Waals surface area (Å²) in [7, 11) is 0. The van der Waals surface area contributed by atoms with E-state index < -0.39 is 0 Å². The van der Waals surface area contributed by atoms with Gasteiger partial charge in [0, 0.05) is 17.8 Å². The van der Waals surface area contributed by atoms with Crippen molar-refractivity contribution < 1.29 is 0 Å².